The molecule has 0 aromatic heterocycles. The molecule has 2 aromatic carbocycles. The zero-order chi connectivity index (χ0) is 21.3. The molecule has 0 amide bonds. The van der Waals surface area contributed by atoms with Crippen LogP contribution in [0.4, 0.5) is 0 Å². The molecule has 0 bridgehead atoms. The third-order valence-corrected chi connectivity index (χ3v) is 6.12. The summed E-state index contributed by atoms with van der Waals surface area (Å²) in [5.41, 5.74) is 2.62. The highest BCUT2D eigenvalue weighted by molar-refractivity contribution is 7.99. The number of morpholine rings is 1. The molecule has 2 heterocycles. The van der Waals surface area contributed by atoms with Gasteiger partial charge in [-0.15, -0.1) is 0 Å². The van der Waals surface area contributed by atoms with Crippen molar-refractivity contribution in [1.29, 1.82) is 0 Å². The highest BCUT2D eigenvalue weighted by atomic mass is 32.2. The van der Waals surface area contributed by atoms with E-state index >= 15 is 0 Å². The number of ether oxygens (including phenoxy) is 2. The maximum Gasteiger partial charge on any atom is 0.414 e. The number of nitrogens with zero attached hydrogens (tertiary/aromatic N) is 1. The Morgan fingerprint density at radius 3 is 2.30 bits per heavy atom. The topological polar surface area (TPSA) is 96.3 Å². The largest absolute Gasteiger partial charge is 0.473 e. The second-order valence-corrected chi connectivity index (χ2v) is 8.19. The number of aliphatic carboxylic acids is 2. The Labute approximate surface area is 179 Å². The van der Waals surface area contributed by atoms with E-state index in [0.29, 0.717) is 5.25 Å². The Morgan fingerprint density at radius 1 is 0.967 bits per heavy atom. The number of hydrogen-bond acceptors (Lipinski definition) is 6. The van der Waals surface area contributed by atoms with Crippen molar-refractivity contribution in [1.82, 2.24) is 4.90 Å². The molecule has 2 aliphatic heterocycles. The van der Waals surface area contributed by atoms with Crippen molar-refractivity contribution < 1.29 is 29.3 Å². The van der Waals surface area contributed by atoms with Gasteiger partial charge in [-0.1, -0.05) is 36.4 Å². The lowest BCUT2D eigenvalue weighted by Gasteiger charge is -2.27. The molecule has 1 atom stereocenters. The summed E-state index contributed by atoms with van der Waals surface area (Å²) < 4.78 is 11.6. The molecule has 8 heteroatoms. The summed E-state index contributed by atoms with van der Waals surface area (Å²) in [5, 5.41) is 15.2. The lowest BCUT2D eigenvalue weighted by molar-refractivity contribution is -0.159. The van der Waals surface area contributed by atoms with Crippen LogP contribution < -0.4 is 4.74 Å². The maximum absolute atomic E-state index is 9.10. The maximum atomic E-state index is 9.10. The molecule has 2 aliphatic rings. The number of para-hydroxylation sites is 2. The van der Waals surface area contributed by atoms with Crippen molar-refractivity contribution in [2.75, 3.05) is 38.6 Å². The third-order valence-electron chi connectivity index (χ3n) is 4.88. The van der Waals surface area contributed by atoms with Gasteiger partial charge in [0.1, 0.15) is 11.5 Å². The number of carbonyl (C=O) groups is 2. The van der Waals surface area contributed by atoms with E-state index in [1.807, 2.05) is 17.8 Å². The van der Waals surface area contributed by atoms with Gasteiger partial charge >= 0.3 is 11.9 Å². The van der Waals surface area contributed by atoms with Crippen LogP contribution in [-0.2, 0) is 20.7 Å². The van der Waals surface area contributed by atoms with Crippen LogP contribution in [0.2, 0.25) is 0 Å². The molecule has 0 aliphatic carbocycles. The molecule has 30 heavy (non-hydrogen) atoms. The van der Waals surface area contributed by atoms with E-state index in [9.17, 15) is 0 Å². The normalized spacial score (nSPS) is 17.9. The summed E-state index contributed by atoms with van der Waals surface area (Å²) in [7, 11) is 0. The Morgan fingerprint density at radius 2 is 1.60 bits per heavy atom. The highest BCUT2D eigenvalue weighted by Gasteiger charge is 2.23. The number of carboxylic acids is 2. The van der Waals surface area contributed by atoms with Crippen molar-refractivity contribution in [3.05, 3.63) is 59.7 Å². The first-order chi connectivity index (χ1) is 14.5. The Kier molecular flexibility index (Phi) is 8.12. The molecule has 2 aromatic rings. The molecule has 1 saturated heterocycles. The first-order valence-electron chi connectivity index (χ1n) is 9.77. The van der Waals surface area contributed by atoms with Crippen molar-refractivity contribution in [2.24, 2.45) is 0 Å². The molecule has 1 fully saturated rings. The number of benzene rings is 2. The van der Waals surface area contributed by atoms with Gasteiger partial charge in [0.15, 0.2) is 0 Å². The Bertz CT molecular complexity index is 856. The summed E-state index contributed by atoms with van der Waals surface area (Å²) in [6.45, 7) is 5.01. The first-order valence-corrected chi connectivity index (χ1v) is 10.8. The fraction of sp³-hybridized carbons (Fsp3) is 0.364. The smallest absolute Gasteiger partial charge is 0.414 e. The van der Waals surface area contributed by atoms with Gasteiger partial charge in [0.25, 0.3) is 0 Å². The van der Waals surface area contributed by atoms with Crippen LogP contribution in [0.5, 0.6) is 11.5 Å². The molecule has 7 nitrogen and oxygen atoms in total. The van der Waals surface area contributed by atoms with Crippen LogP contribution in [0.15, 0.2) is 48.5 Å². The number of thioether (sulfide) groups is 1. The van der Waals surface area contributed by atoms with E-state index in [1.165, 1.54) is 11.1 Å². The highest BCUT2D eigenvalue weighted by Crippen LogP contribution is 2.44. The minimum absolute atomic E-state index is 0.450. The summed E-state index contributed by atoms with van der Waals surface area (Å²) in [5.74, 6) is -0.501. The SMILES string of the molecule is O=C(O)C(=O)O.c1ccc2c(c1)CC(SCCN1CCOCC1)c1ccccc1O2. The third kappa shape index (κ3) is 6.22. The molecule has 0 saturated carbocycles. The second-order valence-electron chi connectivity index (χ2n) is 6.88. The molecular formula is C22H25NO6S. The van der Waals surface area contributed by atoms with Gasteiger partial charge in [-0.25, -0.2) is 9.59 Å². The van der Waals surface area contributed by atoms with Crippen LogP contribution in [0.3, 0.4) is 0 Å². The van der Waals surface area contributed by atoms with E-state index < -0.39 is 11.9 Å². The van der Waals surface area contributed by atoms with Crippen molar-refractivity contribution in [2.45, 2.75) is 11.7 Å². The quantitative estimate of drug-likeness (QED) is 0.712. The van der Waals surface area contributed by atoms with Gasteiger partial charge in [-0.2, -0.15) is 11.8 Å². The van der Waals surface area contributed by atoms with Gasteiger partial charge in [0.05, 0.1) is 13.2 Å². The van der Waals surface area contributed by atoms with Gasteiger partial charge in [-0.05, 0) is 24.1 Å². The Hall–Kier alpha value is -2.55. The van der Waals surface area contributed by atoms with E-state index in [-0.39, 0.29) is 0 Å². The zero-order valence-corrected chi connectivity index (χ0v) is 17.3. The van der Waals surface area contributed by atoms with Gasteiger partial charge in [-0.3, -0.25) is 4.90 Å². The van der Waals surface area contributed by atoms with Crippen LogP contribution in [0.25, 0.3) is 0 Å². The van der Waals surface area contributed by atoms with E-state index in [4.69, 9.17) is 29.3 Å². The molecule has 4 rings (SSSR count). The van der Waals surface area contributed by atoms with Crippen LogP contribution in [0.1, 0.15) is 16.4 Å². The molecule has 2 N–H and O–H groups in total. The summed E-state index contributed by atoms with van der Waals surface area (Å²) in [4.78, 5) is 20.7. The molecule has 1 unspecified atom stereocenters. The van der Waals surface area contributed by atoms with Gasteiger partial charge in [0, 0.05) is 36.2 Å². The lowest BCUT2D eigenvalue weighted by atomic mass is 10.0. The average molecular weight is 432 g/mol. The predicted octanol–water partition coefficient (Wildman–Crippen LogP) is 3.30. The summed E-state index contributed by atoms with van der Waals surface area (Å²) in [6.07, 6.45) is 1.03. The van der Waals surface area contributed by atoms with Crippen LogP contribution in [0, 0.1) is 0 Å². The number of hydrogen-bond donors (Lipinski definition) is 2. The number of carboxylic acid groups (broad SMARTS) is 2. The van der Waals surface area contributed by atoms with Crippen molar-refractivity contribution in [3.63, 3.8) is 0 Å². The van der Waals surface area contributed by atoms with E-state index in [1.54, 1.807) is 0 Å². The predicted molar refractivity (Wildman–Crippen MR) is 114 cm³/mol. The molecule has 0 radical (unpaired) electrons. The molecule has 160 valence electrons. The number of rotatable bonds is 4. The van der Waals surface area contributed by atoms with Crippen LogP contribution in [-0.4, -0.2) is 65.7 Å². The minimum atomic E-state index is -1.82. The summed E-state index contributed by atoms with van der Waals surface area (Å²) >= 11 is 2.05. The van der Waals surface area contributed by atoms with E-state index in [0.717, 1.165) is 56.5 Å². The molecular weight excluding hydrogens is 406 g/mol. The summed E-state index contributed by atoms with van der Waals surface area (Å²) in [6, 6.07) is 16.9. The average Bonchev–Trinajstić information content (AvgIpc) is 2.91. The second kappa shape index (κ2) is 11.0. The first kappa shape index (κ1) is 22.1. The lowest BCUT2D eigenvalue weighted by Crippen LogP contribution is -2.37. The standard InChI is InChI=1S/C20H23NO2S.C2H2O4/c1-3-7-18-16(5-1)15-20(17-6-2-4-8-19(17)23-18)24-14-11-21-9-12-22-13-10-21;3-1(4)2(5)6/h1-8,20H,9-15H2;(H,3,4)(H,5,6). The minimum Gasteiger partial charge on any atom is -0.473 e. The fourth-order valence-electron chi connectivity index (χ4n) is 3.34. The van der Waals surface area contributed by atoms with Crippen LogP contribution >= 0.6 is 11.8 Å². The fourth-order valence-corrected chi connectivity index (χ4v) is 4.66. The number of fused-ring (bicyclic) bond motifs is 2. The van der Waals surface area contributed by atoms with Crippen molar-refractivity contribution >= 4 is 23.7 Å². The monoisotopic (exact) mass is 431 g/mol. The van der Waals surface area contributed by atoms with E-state index in [2.05, 4.69) is 47.4 Å². The molecule has 0 spiro atoms. The van der Waals surface area contributed by atoms with Gasteiger partial charge in [0.2, 0.25) is 0 Å². The van der Waals surface area contributed by atoms with Gasteiger partial charge < -0.3 is 19.7 Å². The van der Waals surface area contributed by atoms with Crippen molar-refractivity contribution in [3.8, 4) is 11.5 Å². The Balaban J connectivity index is 0.000000377. The zero-order valence-electron chi connectivity index (χ0n) is 16.5.